The van der Waals surface area contributed by atoms with Gasteiger partial charge < -0.3 is 9.84 Å². The molecule has 19 heavy (non-hydrogen) atoms. The Kier molecular flexibility index (Phi) is 4.26. The molecule has 1 heterocycles. The number of aldehydes is 1. The second-order valence-corrected chi connectivity index (χ2v) is 4.75. The zero-order chi connectivity index (χ0) is 14.6. The van der Waals surface area contributed by atoms with Crippen LogP contribution in [0, 0.1) is 0 Å². The third-order valence-electron chi connectivity index (χ3n) is 1.85. The summed E-state index contributed by atoms with van der Waals surface area (Å²) in [6.45, 7) is 4.63. The highest BCUT2D eigenvalue weighted by Crippen LogP contribution is 2.12. The normalized spacial score (nSPS) is 10.9. The van der Waals surface area contributed by atoms with Gasteiger partial charge in [-0.3, -0.25) is 14.9 Å². The number of carbonyl (C=O) groups excluding carboxylic acids is 2. The fourth-order valence-electron chi connectivity index (χ4n) is 1.25. The van der Waals surface area contributed by atoms with Crippen LogP contribution in [-0.2, 0) is 16.1 Å². The molecule has 2 N–H and O–H groups in total. The van der Waals surface area contributed by atoms with Crippen LogP contribution in [-0.4, -0.2) is 38.8 Å². The average Bonchev–Trinajstić information content (AvgIpc) is 2.55. The van der Waals surface area contributed by atoms with Gasteiger partial charge in [-0.15, -0.1) is 0 Å². The Bertz CT molecular complexity index is 501. The van der Waals surface area contributed by atoms with Gasteiger partial charge in [0.1, 0.15) is 17.8 Å². The number of hydrogen-bond acceptors (Lipinski definition) is 5. The fraction of sp³-hybridized carbons (Fsp3) is 0.455. The number of amides is 1. The van der Waals surface area contributed by atoms with Crippen molar-refractivity contribution in [3.05, 3.63) is 11.8 Å². The van der Waals surface area contributed by atoms with E-state index in [-0.39, 0.29) is 11.5 Å². The predicted molar refractivity (Wildman–Crippen MR) is 65.1 cm³/mol. The van der Waals surface area contributed by atoms with E-state index < -0.39 is 24.2 Å². The summed E-state index contributed by atoms with van der Waals surface area (Å²) in [4.78, 5) is 32.8. The number of carbonyl (C=O) groups is 3. The number of nitrogens with one attached hydrogen (secondary N) is 1. The van der Waals surface area contributed by atoms with Gasteiger partial charge in [-0.05, 0) is 20.8 Å². The summed E-state index contributed by atoms with van der Waals surface area (Å²) in [5.41, 5.74) is -0.616. The Morgan fingerprint density at radius 2 is 2.16 bits per heavy atom. The van der Waals surface area contributed by atoms with E-state index >= 15 is 0 Å². The van der Waals surface area contributed by atoms with Crippen molar-refractivity contribution in [1.82, 2.24) is 9.78 Å². The van der Waals surface area contributed by atoms with Crippen LogP contribution in [0.25, 0.3) is 0 Å². The molecule has 0 aliphatic heterocycles. The Hall–Kier alpha value is -2.38. The Labute approximate surface area is 109 Å². The Morgan fingerprint density at radius 1 is 1.53 bits per heavy atom. The topological polar surface area (TPSA) is 111 Å². The summed E-state index contributed by atoms with van der Waals surface area (Å²) in [6.07, 6.45) is -0.277. The molecule has 8 nitrogen and oxygen atoms in total. The molecule has 104 valence electrons. The Morgan fingerprint density at radius 3 is 2.63 bits per heavy atom. The number of carboxylic acid groups (broad SMARTS) is 1. The standard InChI is InChI=1S/C11H15N3O5/c1-11(2,3)19-10(18)12-8-4-7(6-15)14(13-8)5-9(16)17/h4,6H,5H2,1-3H3,(H,16,17)(H,12,13,18). The minimum absolute atomic E-state index is 0.0495. The lowest BCUT2D eigenvalue weighted by Gasteiger charge is -2.18. The maximum absolute atomic E-state index is 11.5. The first-order chi connectivity index (χ1) is 8.71. The lowest BCUT2D eigenvalue weighted by atomic mass is 10.2. The van der Waals surface area contributed by atoms with E-state index in [0.29, 0.717) is 6.29 Å². The molecule has 0 aromatic carbocycles. The van der Waals surface area contributed by atoms with Crippen LogP contribution in [0.5, 0.6) is 0 Å². The van der Waals surface area contributed by atoms with Crippen LogP contribution in [0.4, 0.5) is 10.6 Å². The quantitative estimate of drug-likeness (QED) is 0.792. The van der Waals surface area contributed by atoms with E-state index in [1.54, 1.807) is 20.8 Å². The van der Waals surface area contributed by atoms with Crippen molar-refractivity contribution in [1.29, 1.82) is 0 Å². The number of aliphatic carboxylic acids is 1. The number of ether oxygens (including phenoxy) is 1. The van der Waals surface area contributed by atoms with Crippen molar-refractivity contribution in [3.63, 3.8) is 0 Å². The molecule has 0 aliphatic carbocycles. The maximum atomic E-state index is 11.5. The number of anilines is 1. The highest BCUT2D eigenvalue weighted by atomic mass is 16.6. The first-order valence-corrected chi connectivity index (χ1v) is 5.46. The molecule has 8 heteroatoms. The van der Waals surface area contributed by atoms with Gasteiger partial charge in [0.25, 0.3) is 0 Å². The molecular formula is C11H15N3O5. The molecule has 0 saturated heterocycles. The molecule has 0 bridgehead atoms. The summed E-state index contributed by atoms with van der Waals surface area (Å²) in [7, 11) is 0. The zero-order valence-corrected chi connectivity index (χ0v) is 10.8. The second-order valence-electron chi connectivity index (χ2n) is 4.75. The first-order valence-electron chi connectivity index (χ1n) is 5.46. The molecule has 1 aromatic rings. The Balaban J connectivity index is 2.79. The molecule has 0 saturated carbocycles. The van der Waals surface area contributed by atoms with Crippen molar-refractivity contribution < 1.29 is 24.2 Å². The predicted octanol–water partition coefficient (Wildman–Crippen LogP) is 1.13. The van der Waals surface area contributed by atoms with Crippen LogP contribution in [0.2, 0.25) is 0 Å². The van der Waals surface area contributed by atoms with Gasteiger partial charge in [-0.25, -0.2) is 9.48 Å². The number of carboxylic acids is 1. The molecule has 0 fully saturated rings. The maximum Gasteiger partial charge on any atom is 0.413 e. The number of nitrogens with zero attached hydrogens (tertiary/aromatic N) is 2. The number of hydrogen-bond donors (Lipinski definition) is 2. The second kappa shape index (κ2) is 5.51. The van der Waals surface area contributed by atoms with Gasteiger partial charge in [0.05, 0.1) is 0 Å². The lowest BCUT2D eigenvalue weighted by molar-refractivity contribution is -0.137. The molecule has 0 radical (unpaired) electrons. The van der Waals surface area contributed by atoms with Crippen LogP contribution in [0.3, 0.4) is 0 Å². The van der Waals surface area contributed by atoms with E-state index in [9.17, 15) is 14.4 Å². The van der Waals surface area contributed by atoms with E-state index in [0.717, 1.165) is 4.68 Å². The minimum Gasteiger partial charge on any atom is -0.480 e. The molecular weight excluding hydrogens is 254 g/mol. The zero-order valence-electron chi connectivity index (χ0n) is 10.8. The van der Waals surface area contributed by atoms with Crippen LogP contribution in [0.1, 0.15) is 31.3 Å². The van der Waals surface area contributed by atoms with E-state index in [4.69, 9.17) is 9.84 Å². The monoisotopic (exact) mass is 269 g/mol. The number of aromatic nitrogens is 2. The van der Waals surface area contributed by atoms with Crippen LogP contribution in [0.15, 0.2) is 6.07 Å². The molecule has 0 spiro atoms. The molecule has 0 aliphatic rings. The lowest BCUT2D eigenvalue weighted by Crippen LogP contribution is -2.27. The largest absolute Gasteiger partial charge is 0.480 e. The highest BCUT2D eigenvalue weighted by molar-refractivity contribution is 5.85. The van der Waals surface area contributed by atoms with Gasteiger partial charge in [-0.1, -0.05) is 0 Å². The third-order valence-corrected chi connectivity index (χ3v) is 1.85. The van der Waals surface area contributed by atoms with Gasteiger partial charge in [-0.2, -0.15) is 5.10 Å². The summed E-state index contributed by atoms with van der Waals surface area (Å²) < 4.78 is 5.98. The summed E-state index contributed by atoms with van der Waals surface area (Å²) in [6, 6.07) is 1.26. The summed E-state index contributed by atoms with van der Waals surface area (Å²) in [5, 5.41) is 14.7. The van der Waals surface area contributed by atoms with E-state index in [2.05, 4.69) is 10.4 Å². The SMILES string of the molecule is CC(C)(C)OC(=O)Nc1cc(C=O)n(CC(=O)O)n1. The highest BCUT2D eigenvalue weighted by Gasteiger charge is 2.18. The van der Waals surface area contributed by atoms with Gasteiger partial charge in [0.2, 0.25) is 0 Å². The van der Waals surface area contributed by atoms with Crippen LogP contribution >= 0.6 is 0 Å². The minimum atomic E-state index is -1.14. The summed E-state index contributed by atoms with van der Waals surface area (Å²) >= 11 is 0. The van der Waals surface area contributed by atoms with Gasteiger partial charge in [0, 0.05) is 6.07 Å². The molecule has 0 atom stereocenters. The average molecular weight is 269 g/mol. The summed E-state index contributed by atoms with van der Waals surface area (Å²) in [5.74, 6) is -1.09. The molecule has 1 aromatic heterocycles. The first kappa shape index (κ1) is 14.7. The van der Waals surface area contributed by atoms with Gasteiger partial charge >= 0.3 is 12.1 Å². The van der Waals surface area contributed by atoms with E-state index in [1.807, 2.05) is 0 Å². The number of rotatable bonds is 4. The van der Waals surface area contributed by atoms with Crippen molar-refractivity contribution in [2.24, 2.45) is 0 Å². The van der Waals surface area contributed by atoms with Crippen molar-refractivity contribution in [2.75, 3.05) is 5.32 Å². The van der Waals surface area contributed by atoms with Crippen molar-refractivity contribution >= 4 is 24.2 Å². The smallest absolute Gasteiger partial charge is 0.413 e. The molecule has 0 unspecified atom stereocenters. The van der Waals surface area contributed by atoms with E-state index in [1.165, 1.54) is 6.07 Å². The molecule has 1 amide bonds. The van der Waals surface area contributed by atoms with Crippen molar-refractivity contribution in [2.45, 2.75) is 32.9 Å². The molecule has 1 rings (SSSR count). The fourth-order valence-corrected chi connectivity index (χ4v) is 1.25. The van der Waals surface area contributed by atoms with Gasteiger partial charge in [0.15, 0.2) is 12.1 Å². The van der Waals surface area contributed by atoms with Crippen molar-refractivity contribution in [3.8, 4) is 0 Å². The van der Waals surface area contributed by atoms with Crippen LogP contribution < -0.4 is 5.32 Å². The third kappa shape index (κ3) is 4.78.